The van der Waals surface area contributed by atoms with Gasteiger partial charge in [-0.2, -0.15) is 5.10 Å². The van der Waals surface area contributed by atoms with E-state index in [0.29, 0.717) is 23.8 Å². The van der Waals surface area contributed by atoms with E-state index in [1.54, 1.807) is 18.2 Å². The van der Waals surface area contributed by atoms with Gasteiger partial charge in [-0.15, -0.1) is 0 Å². The molecule has 4 amide bonds. The summed E-state index contributed by atoms with van der Waals surface area (Å²) in [6.07, 6.45) is 8.74. The Bertz CT molecular complexity index is 1670. The number of hydrogen-bond acceptors (Lipinski definition) is 8. The van der Waals surface area contributed by atoms with Crippen molar-refractivity contribution in [2.45, 2.75) is 62.4 Å². The molecule has 0 radical (unpaired) electrons. The molecule has 5 heterocycles. The molecule has 4 fully saturated rings. The van der Waals surface area contributed by atoms with Gasteiger partial charge in [-0.1, -0.05) is 6.07 Å². The van der Waals surface area contributed by atoms with Gasteiger partial charge in [0.25, 0.3) is 11.8 Å². The Morgan fingerprint density at radius 3 is 2.49 bits per heavy atom. The van der Waals surface area contributed by atoms with E-state index >= 15 is 0 Å². The van der Waals surface area contributed by atoms with E-state index in [9.17, 15) is 19.2 Å². The first-order valence-electron chi connectivity index (χ1n) is 15.3. The number of carbonyl (C=O) groups excluding carboxylic acids is 4. The van der Waals surface area contributed by atoms with Gasteiger partial charge in [0.15, 0.2) is 0 Å². The van der Waals surface area contributed by atoms with Crippen LogP contribution in [0.25, 0.3) is 11.3 Å². The number of hydrogen-bond donors (Lipinski definition) is 3. The molecular formula is C32H33N7O4. The van der Waals surface area contributed by atoms with Crippen molar-refractivity contribution in [1.82, 2.24) is 30.3 Å². The van der Waals surface area contributed by atoms with Crippen molar-refractivity contribution in [2.75, 3.05) is 25.0 Å². The van der Waals surface area contributed by atoms with Gasteiger partial charge in [0.2, 0.25) is 11.8 Å². The maximum Gasteiger partial charge on any atom is 0.262 e. The highest BCUT2D eigenvalue weighted by atomic mass is 16.2. The van der Waals surface area contributed by atoms with Crippen LogP contribution in [0.5, 0.6) is 0 Å². The van der Waals surface area contributed by atoms with Gasteiger partial charge in [-0.25, -0.2) is 0 Å². The number of pyridine rings is 1. The highest BCUT2D eigenvalue weighted by Crippen LogP contribution is 2.46. The number of piperidine rings is 1. The fourth-order valence-electron chi connectivity index (χ4n) is 6.84. The molecule has 8 rings (SSSR count). The quantitative estimate of drug-likeness (QED) is 0.347. The van der Waals surface area contributed by atoms with Crippen LogP contribution in [0.4, 0.5) is 5.69 Å². The second-order valence-electron chi connectivity index (χ2n) is 12.6. The summed E-state index contributed by atoms with van der Waals surface area (Å²) in [5.41, 5.74) is 6.12. The molecule has 5 aliphatic rings. The number of fused-ring (bicyclic) bond motifs is 1. The Balaban J connectivity index is 0.922. The average Bonchev–Trinajstić information content (AvgIpc) is 3.66. The van der Waals surface area contributed by atoms with Crippen LogP contribution in [0.2, 0.25) is 0 Å². The van der Waals surface area contributed by atoms with E-state index in [1.807, 2.05) is 12.3 Å². The number of carbonyl (C=O) groups is 4. The fraction of sp³-hybridized carbons (Fsp3) is 0.438. The van der Waals surface area contributed by atoms with Crippen molar-refractivity contribution >= 4 is 29.3 Å². The highest BCUT2D eigenvalue weighted by molar-refractivity contribution is 6.23. The maximum atomic E-state index is 13.1. The van der Waals surface area contributed by atoms with Gasteiger partial charge in [-0.05, 0) is 67.9 Å². The second kappa shape index (κ2) is 10.1. The number of nitrogens with one attached hydrogen (secondary N) is 3. The lowest BCUT2D eigenvalue weighted by molar-refractivity contribution is -0.136. The van der Waals surface area contributed by atoms with Crippen LogP contribution in [0.15, 0.2) is 42.7 Å². The monoisotopic (exact) mass is 579 g/mol. The molecule has 2 aliphatic carbocycles. The van der Waals surface area contributed by atoms with Gasteiger partial charge in [0, 0.05) is 61.5 Å². The van der Waals surface area contributed by atoms with Crippen LogP contribution >= 0.6 is 0 Å². The topological polar surface area (TPSA) is 138 Å². The molecule has 11 nitrogen and oxygen atoms in total. The van der Waals surface area contributed by atoms with Crippen LogP contribution in [0.1, 0.15) is 88.4 Å². The van der Waals surface area contributed by atoms with Crippen LogP contribution in [0.3, 0.4) is 0 Å². The summed E-state index contributed by atoms with van der Waals surface area (Å²) in [5.74, 6) is -0.480. The van der Waals surface area contributed by atoms with E-state index in [4.69, 9.17) is 10.1 Å². The highest BCUT2D eigenvalue weighted by Gasteiger charge is 2.45. The summed E-state index contributed by atoms with van der Waals surface area (Å²) in [5, 5.41) is 14.2. The van der Waals surface area contributed by atoms with E-state index in [1.165, 1.54) is 29.7 Å². The first-order valence-corrected chi connectivity index (χ1v) is 15.3. The molecule has 3 N–H and O–H groups in total. The molecule has 11 heteroatoms. The third-order valence-corrected chi connectivity index (χ3v) is 9.66. The van der Waals surface area contributed by atoms with Crippen LogP contribution in [0, 0.1) is 5.92 Å². The van der Waals surface area contributed by atoms with Gasteiger partial charge >= 0.3 is 0 Å². The molecule has 0 spiro atoms. The minimum absolute atomic E-state index is 0.100. The second-order valence-corrected chi connectivity index (χ2v) is 12.6. The number of nitrogens with zero attached hydrogens (tertiary/aromatic N) is 4. The Morgan fingerprint density at radius 1 is 0.930 bits per heavy atom. The third-order valence-electron chi connectivity index (χ3n) is 9.66. The largest absolute Gasteiger partial charge is 0.385 e. The smallest absolute Gasteiger partial charge is 0.262 e. The third kappa shape index (κ3) is 4.53. The molecule has 43 heavy (non-hydrogen) atoms. The summed E-state index contributed by atoms with van der Waals surface area (Å²) < 4.78 is 2.17. The lowest BCUT2D eigenvalue weighted by Crippen LogP contribution is -2.54. The van der Waals surface area contributed by atoms with E-state index in [-0.39, 0.29) is 29.9 Å². The fourth-order valence-corrected chi connectivity index (χ4v) is 6.84. The van der Waals surface area contributed by atoms with Crippen molar-refractivity contribution in [3.63, 3.8) is 0 Å². The Labute approximate surface area is 248 Å². The predicted octanol–water partition coefficient (Wildman–Crippen LogP) is 2.97. The average molecular weight is 580 g/mol. The van der Waals surface area contributed by atoms with Gasteiger partial charge in [0.05, 0.1) is 28.6 Å². The standard InChI is InChI=1S/C32H33N7O4/c40-27-8-7-26(30(41)36-27)39-31(42)23-6-5-20(12-24(23)32(39)43)35-13-17-10-21(11-17)38-16-25(28(37-38)18-3-4-18)29-22(2-1-9-34-29)19-14-33-15-19/h1-2,5-6,9,12,16-19,21,26,33,35H,3-4,7-8,10-11,13-15H2,(H,36,40,41). The molecule has 0 bridgehead atoms. The molecule has 2 aromatic heterocycles. The zero-order valence-electron chi connectivity index (χ0n) is 23.7. The number of imide groups is 2. The summed E-state index contributed by atoms with van der Waals surface area (Å²) in [6, 6.07) is 8.77. The summed E-state index contributed by atoms with van der Waals surface area (Å²) >= 11 is 0. The first kappa shape index (κ1) is 26.3. The van der Waals surface area contributed by atoms with Gasteiger partial charge < -0.3 is 10.6 Å². The van der Waals surface area contributed by atoms with Gasteiger partial charge in [-0.3, -0.25) is 39.1 Å². The molecule has 1 unspecified atom stereocenters. The Kier molecular flexibility index (Phi) is 6.18. The van der Waals surface area contributed by atoms with Crippen LogP contribution in [-0.2, 0) is 9.59 Å². The number of benzene rings is 1. The molecular weight excluding hydrogens is 546 g/mol. The number of rotatable bonds is 8. The zero-order chi connectivity index (χ0) is 29.2. The molecule has 1 atom stereocenters. The number of aromatic nitrogens is 3. The first-order chi connectivity index (χ1) is 20.9. The van der Waals surface area contributed by atoms with Crippen molar-refractivity contribution in [3.8, 4) is 11.3 Å². The normalized spacial score (nSPS) is 25.3. The lowest BCUT2D eigenvalue weighted by Gasteiger charge is -2.35. The summed E-state index contributed by atoms with van der Waals surface area (Å²) in [6.45, 7) is 2.74. The molecule has 1 aromatic carbocycles. The van der Waals surface area contributed by atoms with E-state index in [2.05, 4.69) is 32.9 Å². The lowest BCUT2D eigenvalue weighted by atomic mass is 9.80. The van der Waals surface area contributed by atoms with Crippen LogP contribution in [-0.4, -0.2) is 69.0 Å². The minimum atomic E-state index is -0.962. The maximum absolute atomic E-state index is 13.1. The molecule has 3 aliphatic heterocycles. The minimum Gasteiger partial charge on any atom is -0.385 e. The van der Waals surface area contributed by atoms with Crippen molar-refractivity contribution in [1.29, 1.82) is 0 Å². The van der Waals surface area contributed by atoms with Gasteiger partial charge in [0.1, 0.15) is 6.04 Å². The van der Waals surface area contributed by atoms with Crippen molar-refractivity contribution in [2.24, 2.45) is 5.92 Å². The van der Waals surface area contributed by atoms with Crippen molar-refractivity contribution < 1.29 is 19.2 Å². The van der Waals surface area contributed by atoms with Crippen molar-refractivity contribution in [3.05, 3.63) is 65.1 Å². The zero-order valence-corrected chi connectivity index (χ0v) is 23.7. The SMILES string of the molecule is O=C1CCC(N2C(=O)c3ccc(NCC4CC(n5cc(-c6ncccc6C6CNC6)c(C6CC6)n5)C4)cc3C2=O)C(=O)N1. The molecule has 3 aromatic rings. The predicted molar refractivity (Wildman–Crippen MR) is 156 cm³/mol. The summed E-state index contributed by atoms with van der Waals surface area (Å²) in [7, 11) is 0. The molecule has 2 saturated carbocycles. The Hall–Kier alpha value is -4.38. The van der Waals surface area contributed by atoms with Crippen LogP contribution < -0.4 is 16.0 Å². The number of amides is 4. The Morgan fingerprint density at radius 2 is 1.74 bits per heavy atom. The molecule has 220 valence electrons. The number of anilines is 1. The summed E-state index contributed by atoms with van der Waals surface area (Å²) in [4.78, 5) is 55.8. The van der Waals surface area contributed by atoms with E-state index in [0.717, 1.165) is 48.8 Å². The molecule has 2 saturated heterocycles. The van der Waals surface area contributed by atoms with E-state index < -0.39 is 23.8 Å².